The molecule has 0 bridgehead atoms. The second-order valence-electron chi connectivity index (χ2n) is 4.24. The van der Waals surface area contributed by atoms with Crippen LogP contribution >= 0.6 is 0 Å². The van der Waals surface area contributed by atoms with Crippen molar-refractivity contribution in [3.05, 3.63) is 24.0 Å². The number of anilines is 1. The van der Waals surface area contributed by atoms with Gasteiger partial charge in [-0.2, -0.15) is 9.61 Å². The largest absolute Gasteiger partial charge is 0.383 e. The molecule has 5 heteroatoms. The lowest BCUT2D eigenvalue weighted by Gasteiger charge is -2.11. The molecule has 0 radical (unpaired) electrons. The van der Waals surface area contributed by atoms with Gasteiger partial charge in [-0.3, -0.25) is 0 Å². The van der Waals surface area contributed by atoms with E-state index in [0.717, 1.165) is 23.7 Å². The Morgan fingerprint density at radius 1 is 1.47 bits per heavy atom. The van der Waals surface area contributed by atoms with Crippen molar-refractivity contribution < 1.29 is 4.74 Å². The molecule has 1 N–H and O–H groups in total. The molecule has 2 heterocycles. The van der Waals surface area contributed by atoms with Crippen LogP contribution in [0.5, 0.6) is 0 Å². The topological polar surface area (TPSA) is 51.5 Å². The summed E-state index contributed by atoms with van der Waals surface area (Å²) in [5.74, 6) is 1.36. The Morgan fingerprint density at radius 3 is 3.00 bits per heavy atom. The van der Waals surface area contributed by atoms with E-state index in [1.165, 1.54) is 0 Å². The minimum atomic E-state index is 0.401. The number of aromatic nitrogens is 3. The first-order valence-electron chi connectivity index (χ1n) is 5.80. The molecule has 5 nitrogen and oxygen atoms in total. The molecule has 0 amide bonds. The van der Waals surface area contributed by atoms with E-state index in [-0.39, 0.29) is 0 Å². The molecule has 2 aromatic rings. The van der Waals surface area contributed by atoms with E-state index in [9.17, 15) is 0 Å². The minimum absolute atomic E-state index is 0.401. The van der Waals surface area contributed by atoms with E-state index in [4.69, 9.17) is 4.74 Å². The lowest BCUT2D eigenvalue weighted by molar-refractivity contribution is 0.210. The zero-order valence-electron chi connectivity index (χ0n) is 10.5. The van der Waals surface area contributed by atoms with Gasteiger partial charge in [0.05, 0.1) is 12.8 Å². The number of hydrogen-bond donors (Lipinski definition) is 1. The highest BCUT2D eigenvalue weighted by atomic mass is 16.5. The van der Waals surface area contributed by atoms with Crippen molar-refractivity contribution in [2.24, 2.45) is 0 Å². The molecule has 0 aliphatic heterocycles. The summed E-state index contributed by atoms with van der Waals surface area (Å²) < 4.78 is 6.83. The third kappa shape index (κ3) is 2.55. The molecule has 0 aromatic carbocycles. The second kappa shape index (κ2) is 5.14. The smallest absolute Gasteiger partial charge is 0.157 e. The lowest BCUT2D eigenvalue weighted by Crippen LogP contribution is -2.12. The summed E-state index contributed by atoms with van der Waals surface area (Å²) in [6, 6.07) is 3.95. The van der Waals surface area contributed by atoms with E-state index in [1.807, 2.05) is 16.6 Å². The Hall–Kier alpha value is -1.62. The van der Waals surface area contributed by atoms with Crippen molar-refractivity contribution in [2.45, 2.75) is 19.8 Å². The zero-order valence-corrected chi connectivity index (χ0v) is 10.5. The molecule has 0 unspecified atom stereocenters. The van der Waals surface area contributed by atoms with E-state index < -0.39 is 0 Å². The predicted octanol–water partition coefficient (Wildman–Crippen LogP) is 1.91. The summed E-state index contributed by atoms with van der Waals surface area (Å²) in [5.41, 5.74) is 1.94. The van der Waals surface area contributed by atoms with Gasteiger partial charge in [-0.25, -0.2) is 4.98 Å². The first-order chi connectivity index (χ1) is 8.22. The summed E-state index contributed by atoms with van der Waals surface area (Å²) in [7, 11) is 1.69. The van der Waals surface area contributed by atoms with Crippen molar-refractivity contribution >= 4 is 11.5 Å². The average molecular weight is 234 g/mol. The molecule has 0 saturated carbocycles. The monoisotopic (exact) mass is 234 g/mol. The summed E-state index contributed by atoms with van der Waals surface area (Å²) in [6.45, 7) is 5.69. The highest BCUT2D eigenvalue weighted by molar-refractivity contribution is 5.49. The Balaban J connectivity index is 2.33. The van der Waals surface area contributed by atoms with Gasteiger partial charge in [-0.05, 0) is 5.92 Å². The number of methoxy groups -OCH3 is 1. The minimum Gasteiger partial charge on any atom is -0.383 e. The van der Waals surface area contributed by atoms with E-state index in [2.05, 4.69) is 29.2 Å². The standard InChI is InChI=1S/C12H18N4O/c1-9(2)10-8-12(13-6-7-17-3)16-11(15-10)4-5-14-16/h4-5,8-9,13H,6-7H2,1-3H3. The number of nitrogens with one attached hydrogen (secondary N) is 1. The highest BCUT2D eigenvalue weighted by Gasteiger charge is 2.08. The number of ether oxygens (including phenoxy) is 1. The van der Waals surface area contributed by atoms with Crippen LogP contribution in [0.25, 0.3) is 5.65 Å². The Kier molecular flexibility index (Phi) is 3.58. The van der Waals surface area contributed by atoms with E-state index >= 15 is 0 Å². The maximum absolute atomic E-state index is 5.03. The van der Waals surface area contributed by atoms with Gasteiger partial charge in [0, 0.05) is 31.5 Å². The first-order valence-corrected chi connectivity index (χ1v) is 5.80. The van der Waals surface area contributed by atoms with Crippen LogP contribution in [-0.2, 0) is 4.74 Å². The third-order valence-electron chi connectivity index (χ3n) is 2.58. The van der Waals surface area contributed by atoms with E-state index in [0.29, 0.717) is 12.5 Å². The molecular weight excluding hydrogens is 216 g/mol. The van der Waals surface area contributed by atoms with Gasteiger partial charge in [0.15, 0.2) is 5.65 Å². The first kappa shape index (κ1) is 11.9. The van der Waals surface area contributed by atoms with Gasteiger partial charge in [0.25, 0.3) is 0 Å². The van der Waals surface area contributed by atoms with Crippen molar-refractivity contribution in [3.8, 4) is 0 Å². The predicted molar refractivity (Wildman–Crippen MR) is 67.4 cm³/mol. The van der Waals surface area contributed by atoms with Gasteiger partial charge in [-0.15, -0.1) is 0 Å². The van der Waals surface area contributed by atoms with Crippen LogP contribution in [0.3, 0.4) is 0 Å². The van der Waals surface area contributed by atoms with Crippen LogP contribution in [0.1, 0.15) is 25.5 Å². The summed E-state index contributed by atoms with van der Waals surface area (Å²) in [5, 5.41) is 7.55. The Bertz CT molecular complexity index is 492. The zero-order chi connectivity index (χ0) is 12.3. The van der Waals surface area contributed by atoms with Gasteiger partial charge < -0.3 is 10.1 Å². The molecule has 0 atom stereocenters. The number of nitrogens with zero attached hydrogens (tertiary/aromatic N) is 3. The van der Waals surface area contributed by atoms with Crippen LogP contribution in [0.2, 0.25) is 0 Å². The molecule has 0 saturated heterocycles. The van der Waals surface area contributed by atoms with Gasteiger partial charge in [-0.1, -0.05) is 13.8 Å². The summed E-state index contributed by atoms with van der Waals surface area (Å²) in [4.78, 5) is 4.55. The van der Waals surface area contributed by atoms with Crippen molar-refractivity contribution in [2.75, 3.05) is 25.6 Å². The van der Waals surface area contributed by atoms with Crippen LogP contribution in [0, 0.1) is 0 Å². The fraction of sp³-hybridized carbons (Fsp3) is 0.500. The Morgan fingerprint density at radius 2 is 2.29 bits per heavy atom. The summed E-state index contributed by atoms with van der Waals surface area (Å²) >= 11 is 0. The second-order valence-corrected chi connectivity index (χ2v) is 4.24. The molecule has 2 rings (SSSR count). The lowest BCUT2D eigenvalue weighted by atomic mass is 10.1. The molecule has 0 spiro atoms. The maximum Gasteiger partial charge on any atom is 0.157 e. The molecule has 0 aliphatic rings. The van der Waals surface area contributed by atoms with Gasteiger partial charge in [0.1, 0.15) is 5.82 Å². The maximum atomic E-state index is 5.03. The fourth-order valence-corrected chi connectivity index (χ4v) is 1.64. The highest BCUT2D eigenvalue weighted by Crippen LogP contribution is 2.18. The van der Waals surface area contributed by atoms with E-state index in [1.54, 1.807) is 13.3 Å². The van der Waals surface area contributed by atoms with Crippen LogP contribution in [0.15, 0.2) is 18.3 Å². The van der Waals surface area contributed by atoms with Gasteiger partial charge >= 0.3 is 0 Å². The number of hydrogen-bond acceptors (Lipinski definition) is 4. The normalized spacial score (nSPS) is 11.3. The molecular formula is C12H18N4O. The summed E-state index contributed by atoms with van der Waals surface area (Å²) in [6.07, 6.45) is 1.76. The quantitative estimate of drug-likeness (QED) is 0.803. The molecule has 2 aromatic heterocycles. The molecule has 17 heavy (non-hydrogen) atoms. The van der Waals surface area contributed by atoms with Crippen molar-refractivity contribution in [1.29, 1.82) is 0 Å². The van der Waals surface area contributed by atoms with Crippen LogP contribution < -0.4 is 5.32 Å². The van der Waals surface area contributed by atoms with Crippen LogP contribution in [-0.4, -0.2) is 34.9 Å². The van der Waals surface area contributed by atoms with Crippen molar-refractivity contribution in [3.63, 3.8) is 0 Å². The van der Waals surface area contributed by atoms with Gasteiger partial charge in [0.2, 0.25) is 0 Å². The van der Waals surface area contributed by atoms with Crippen molar-refractivity contribution in [1.82, 2.24) is 14.6 Å². The average Bonchev–Trinajstić information content (AvgIpc) is 2.77. The molecule has 0 aliphatic carbocycles. The van der Waals surface area contributed by atoms with Crippen LogP contribution in [0.4, 0.5) is 5.82 Å². The third-order valence-corrected chi connectivity index (χ3v) is 2.58. The SMILES string of the molecule is COCCNc1cc(C(C)C)nc2ccnn12. The molecule has 0 fully saturated rings. The fourth-order valence-electron chi connectivity index (χ4n) is 1.64. The molecule has 92 valence electrons. The number of fused-ring (bicyclic) bond motifs is 1. The Labute approximate surface area is 101 Å². The number of rotatable bonds is 5.